The second-order valence-electron chi connectivity index (χ2n) is 11.9. The van der Waals surface area contributed by atoms with Gasteiger partial charge in [-0.05, 0) is 40.3 Å². The number of tetrazole rings is 1. The first-order chi connectivity index (χ1) is 24.8. The van der Waals surface area contributed by atoms with Crippen molar-refractivity contribution in [1.29, 1.82) is 0 Å². The van der Waals surface area contributed by atoms with Gasteiger partial charge in [-0.2, -0.15) is 5.21 Å². The minimum absolute atomic E-state index is 0.0674. The van der Waals surface area contributed by atoms with E-state index in [0.29, 0.717) is 17.9 Å². The van der Waals surface area contributed by atoms with Crippen LogP contribution >= 0.6 is 0 Å². The van der Waals surface area contributed by atoms with Crippen molar-refractivity contribution in [3.63, 3.8) is 0 Å². The van der Waals surface area contributed by atoms with E-state index in [-0.39, 0.29) is 13.0 Å². The van der Waals surface area contributed by atoms with Crippen molar-refractivity contribution in [2.24, 2.45) is 5.92 Å². The Morgan fingerprint density at radius 2 is 1.63 bits per heavy atom. The molecular weight excluding hydrogens is 654 g/mol. The summed E-state index contributed by atoms with van der Waals surface area (Å²) in [7, 11) is 0. The van der Waals surface area contributed by atoms with Gasteiger partial charge < -0.3 is 20.3 Å². The normalized spacial score (nSPS) is 12.1. The number of carbonyl (C=O) groups excluding carboxylic acids is 3. The SMILES string of the molecule is CCCCc1ncc(CNC(=O)C[C@@H](NC(=O)C(Cc2ccccc2)C(=O)NO)C(=O)O)n1Cc1ccc(-c2ccccc2-c2nn[nH]n2)cc1. The Bertz CT molecular complexity index is 1930. The van der Waals surface area contributed by atoms with E-state index in [1.54, 1.807) is 36.5 Å². The number of H-pyrrole nitrogens is 1. The van der Waals surface area contributed by atoms with Crippen molar-refractivity contribution < 1.29 is 29.5 Å². The maximum absolute atomic E-state index is 13.0. The molecule has 5 rings (SSSR count). The molecule has 0 saturated carbocycles. The number of carboxylic acid groups (broad SMARTS) is 1. The van der Waals surface area contributed by atoms with Crippen molar-refractivity contribution in [2.45, 2.75) is 58.2 Å². The molecule has 0 bridgehead atoms. The topological polar surface area (TPSA) is 217 Å². The number of aliphatic carboxylic acids is 1. The number of nitrogens with zero attached hydrogens (tertiary/aromatic N) is 5. The van der Waals surface area contributed by atoms with E-state index in [9.17, 15) is 29.5 Å². The van der Waals surface area contributed by atoms with Crippen LogP contribution in [0.25, 0.3) is 22.5 Å². The van der Waals surface area contributed by atoms with Crippen LogP contribution in [0.15, 0.2) is 85.1 Å². The highest BCUT2D eigenvalue weighted by Gasteiger charge is 2.31. The zero-order valence-electron chi connectivity index (χ0n) is 28.0. The third-order valence-electron chi connectivity index (χ3n) is 8.39. The lowest BCUT2D eigenvalue weighted by atomic mass is 9.97. The molecule has 264 valence electrons. The van der Waals surface area contributed by atoms with E-state index in [0.717, 1.165) is 53.0 Å². The molecular formula is C36H39N9O6. The zero-order valence-corrected chi connectivity index (χ0v) is 28.0. The predicted octanol–water partition coefficient (Wildman–Crippen LogP) is 3.06. The lowest BCUT2D eigenvalue weighted by Gasteiger charge is -2.19. The lowest BCUT2D eigenvalue weighted by molar-refractivity contribution is -0.147. The number of carboxylic acids is 1. The van der Waals surface area contributed by atoms with E-state index in [1.807, 2.05) is 53.1 Å². The van der Waals surface area contributed by atoms with E-state index in [1.165, 1.54) is 5.48 Å². The maximum atomic E-state index is 13.0. The summed E-state index contributed by atoms with van der Waals surface area (Å²) in [5.41, 5.74) is 6.60. The smallest absolute Gasteiger partial charge is 0.326 e. The number of aromatic nitrogens is 6. The first-order valence-corrected chi connectivity index (χ1v) is 16.5. The van der Waals surface area contributed by atoms with Crippen molar-refractivity contribution >= 4 is 23.7 Å². The summed E-state index contributed by atoms with van der Waals surface area (Å²) in [6.45, 7) is 2.65. The molecule has 5 aromatic rings. The fourth-order valence-corrected chi connectivity index (χ4v) is 5.65. The Balaban J connectivity index is 1.25. The van der Waals surface area contributed by atoms with Crippen LogP contribution < -0.4 is 16.1 Å². The van der Waals surface area contributed by atoms with Crippen LogP contribution in [0.4, 0.5) is 0 Å². The van der Waals surface area contributed by atoms with Gasteiger partial charge >= 0.3 is 5.97 Å². The third-order valence-corrected chi connectivity index (χ3v) is 8.39. The van der Waals surface area contributed by atoms with Crippen molar-refractivity contribution in [1.82, 2.24) is 46.3 Å². The Hall–Kier alpha value is -6.22. The summed E-state index contributed by atoms with van der Waals surface area (Å²) in [4.78, 5) is 55.0. The highest BCUT2D eigenvalue weighted by Crippen LogP contribution is 2.30. The average Bonchev–Trinajstić information content (AvgIpc) is 3.83. The monoisotopic (exact) mass is 693 g/mol. The Kier molecular flexibility index (Phi) is 12.3. The van der Waals surface area contributed by atoms with Gasteiger partial charge in [-0.15, -0.1) is 10.2 Å². The Morgan fingerprint density at radius 3 is 2.29 bits per heavy atom. The number of nitrogens with one attached hydrogen (secondary N) is 4. The summed E-state index contributed by atoms with van der Waals surface area (Å²) in [6.07, 6.45) is 3.66. The Labute approximate surface area is 293 Å². The fourth-order valence-electron chi connectivity index (χ4n) is 5.65. The molecule has 0 spiro atoms. The first-order valence-electron chi connectivity index (χ1n) is 16.5. The van der Waals surface area contributed by atoms with Gasteiger partial charge in [0, 0.05) is 18.5 Å². The molecule has 0 radical (unpaired) electrons. The highest BCUT2D eigenvalue weighted by molar-refractivity contribution is 6.01. The number of imidazole rings is 1. The van der Waals surface area contributed by atoms with E-state index < -0.39 is 42.1 Å². The van der Waals surface area contributed by atoms with Gasteiger partial charge in [-0.25, -0.2) is 15.3 Å². The molecule has 0 aliphatic rings. The maximum Gasteiger partial charge on any atom is 0.326 e. The van der Waals surface area contributed by atoms with Gasteiger partial charge in [0.15, 0.2) is 0 Å². The standard InChI is InChI=1S/C36H39N9O6/c1-2-3-13-31-37-20-26(45(31)22-24-14-16-25(17-15-24)27-11-7-8-12-28(27)33-40-43-44-41-33)21-38-32(46)19-30(36(49)50)39-34(47)29(35(48)42-51)18-23-9-5-4-6-10-23/h4-12,14-17,20,29-30,51H,2-3,13,18-19,21-22H2,1H3,(H,38,46)(H,39,47)(H,42,48)(H,49,50)(H,40,41,43,44)/t29?,30-/m1/s1. The van der Waals surface area contributed by atoms with Gasteiger partial charge in [0.1, 0.15) is 17.8 Å². The van der Waals surface area contributed by atoms with Crippen molar-refractivity contribution in [3.8, 4) is 22.5 Å². The van der Waals surface area contributed by atoms with E-state index >= 15 is 0 Å². The molecule has 15 nitrogen and oxygen atoms in total. The molecule has 3 aromatic carbocycles. The molecule has 2 aromatic heterocycles. The molecule has 2 atom stereocenters. The van der Waals surface area contributed by atoms with Crippen LogP contribution in [0.3, 0.4) is 0 Å². The van der Waals surface area contributed by atoms with Gasteiger partial charge in [-0.3, -0.25) is 19.6 Å². The summed E-state index contributed by atoms with van der Waals surface area (Å²) in [5, 5.41) is 38.4. The van der Waals surface area contributed by atoms with Gasteiger partial charge in [-0.1, -0.05) is 92.2 Å². The molecule has 15 heteroatoms. The molecule has 1 unspecified atom stereocenters. The van der Waals surface area contributed by atoms with Crippen LogP contribution in [0.2, 0.25) is 0 Å². The molecule has 0 aliphatic carbocycles. The molecule has 0 fully saturated rings. The number of benzene rings is 3. The minimum atomic E-state index is -1.61. The number of hydroxylamine groups is 1. The van der Waals surface area contributed by atoms with E-state index in [4.69, 9.17) is 0 Å². The number of aromatic amines is 1. The quantitative estimate of drug-likeness (QED) is 0.0475. The number of hydrogen-bond donors (Lipinski definition) is 6. The summed E-state index contributed by atoms with van der Waals surface area (Å²) in [6, 6.07) is 22.9. The molecule has 51 heavy (non-hydrogen) atoms. The fraction of sp³-hybridized carbons (Fsp3) is 0.278. The largest absolute Gasteiger partial charge is 0.480 e. The number of amides is 3. The van der Waals surface area contributed by atoms with Crippen LogP contribution in [-0.4, -0.2) is 70.2 Å². The van der Waals surface area contributed by atoms with Gasteiger partial charge in [0.2, 0.25) is 17.6 Å². The predicted molar refractivity (Wildman–Crippen MR) is 185 cm³/mol. The number of rotatable bonds is 17. The average molecular weight is 694 g/mol. The number of hydrogen-bond acceptors (Lipinski definition) is 9. The molecule has 0 saturated heterocycles. The number of aryl methyl sites for hydroxylation is 1. The number of unbranched alkanes of at least 4 members (excludes halogenated alkanes) is 1. The minimum Gasteiger partial charge on any atom is -0.480 e. The van der Waals surface area contributed by atoms with Crippen LogP contribution in [0, 0.1) is 5.92 Å². The van der Waals surface area contributed by atoms with Crippen molar-refractivity contribution in [2.75, 3.05) is 0 Å². The Morgan fingerprint density at radius 1 is 0.902 bits per heavy atom. The summed E-state index contributed by atoms with van der Waals surface area (Å²) >= 11 is 0. The van der Waals surface area contributed by atoms with E-state index in [2.05, 4.69) is 43.2 Å². The zero-order chi connectivity index (χ0) is 36.2. The molecule has 6 N–H and O–H groups in total. The van der Waals surface area contributed by atoms with Gasteiger partial charge in [0.05, 0.1) is 24.9 Å². The molecule has 0 aliphatic heterocycles. The summed E-state index contributed by atoms with van der Waals surface area (Å²) < 4.78 is 2.04. The van der Waals surface area contributed by atoms with Crippen LogP contribution in [0.5, 0.6) is 0 Å². The number of carbonyl (C=O) groups is 4. The third kappa shape index (κ3) is 9.48. The molecule has 3 amide bonds. The van der Waals surface area contributed by atoms with Crippen LogP contribution in [0.1, 0.15) is 48.8 Å². The molecule has 2 heterocycles. The highest BCUT2D eigenvalue weighted by atomic mass is 16.5. The van der Waals surface area contributed by atoms with Gasteiger partial charge in [0.25, 0.3) is 5.91 Å². The first kappa shape index (κ1) is 36.1. The van der Waals surface area contributed by atoms with Crippen molar-refractivity contribution in [3.05, 3.63) is 108 Å². The summed E-state index contributed by atoms with van der Waals surface area (Å²) in [5.74, 6) is -4.08. The van der Waals surface area contributed by atoms with Crippen LogP contribution in [-0.2, 0) is 45.1 Å². The lowest BCUT2D eigenvalue weighted by Crippen LogP contribution is -2.49. The second kappa shape index (κ2) is 17.4. The second-order valence-corrected chi connectivity index (χ2v) is 11.9.